The summed E-state index contributed by atoms with van der Waals surface area (Å²) in [4.78, 5) is 2.47. The molecule has 0 aromatic heterocycles. The van der Waals surface area contributed by atoms with Crippen LogP contribution in [0.3, 0.4) is 0 Å². The van der Waals surface area contributed by atoms with Crippen molar-refractivity contribution >= 4 is 22.6 Å². The molecule has 1 aromatic carbocycles. The van der Waals surface area contributed by atoms with Crippen molar-refractivity contribution in [3.8, 4) is 0 Å². The number of hydrogen-bond acceptors (Lipinski definition) is 2. The van der Waals surface area contributed by atoms with Crippen molar-refractivity contribution in [2.24, 2.45) is 0 Å². The summed E-state index contributed by atoms with van der Waals surface area (Å²) in [5.41, 5.74) is 1.40. The molecule has 3 heteroatoms. The maximum Gasteiger partial charge on any atom is 0.0593 e. The van der Waals surface area contributed by atoms with Crippen molar-refractivity contribution in [3.63, 3.8) is 0 Å². The molecule has 0 saturated carbocycles. The fraction of sp³-hybridized carbons (Fsp3) is 0.500. The zero-order valence-electron chi connectivity index (χ0n) is 8.79. The highest BCUT2D eigenvalue weighted by molar-refractivity contribution is 14.1. The van der Waals surface area contributed by atoms with Crippen LogP contribution >= 0.6 is 22.6 Å². The minimum Gasteiger partial charge on any atom is -0.380 e. The van der Waals surface area contributed by atoms with Crippen LogP contribution in [0, 0.1) is 3.57 Å². The van der Waals surface area contributed by atoms with E-state index in [1.54, 1.807) is 0 Å². The average Bonchev–Trinajstić information content (AvgIpc) is 2.50. The molecule has 2 nitrogen and oxygen atoms in total. The molecule has 1 aromatic rings. The van der Waals surface area contributed by atoms with Crippen molar-refractivity contribution < 1.29 is 4.74 Å². The molecule has 1 aliphatic rings. The SMILES string of the molecule is Ic1ccc(CN2CCCOCC2)cc1. The van der Waals surface area contributed by atoms with Gasteiger partial charge in [-0.25, -0.2) is 0 Å². The topological polar surface area (TPSA) is 12.5 Å². The lowest BCUT2D eigenvalue weighted by molar-refractivity contribution is 0.140. The van der Waals surface area contributed by atoms with Crippen LogP contribution in [0.2, 0.25) is 0 Å². The van der Waals surface area contributed by atoms with E-state index < -0.39 is 0 Å². The lowest BCUT2D eigenvalue weighted by atomic mass is 10.2. The van der Waals surface area contributed by atoms with Gasteiger partial charge in [-0.05, 0) is 46.7 Å². The van der Waals surface area contributed by atoms with Gasteiger partial charge in [0, 0.05) is 29.8 Å². The van der Waals surface area contributed by atoms with Gasteiger partial charge in [0.2, 0.25) is 0 Å². The standard InChI is InChI=1S/C12H16INO/c13-12-4-2-11(3-5-12)10-14-6-1-8-15-9-7-14/h2-5H,1,6-10H2. The zero-order valence-corrected chi connectivity index (χ0v) is 10.9. The highest BCUT2D eigenvalue weighted by Gasteiger charge is 2.09. The van der Waals surface area contributed by atoms with Crippen molar-refractivity contribution in [1.29, 1.82) is 0 Å². The summed E-state index contributed by atoms with van der Waals surface area (Å²) in [5.74, 6) is 0. The molecule has 0 radical (unpaired) electrons. The summed E-state index contributed by atoms with van der Waals surface area (Å²) >= 11 is 2.34. The molecule has 82 valence electrons. The summed E-state index contributed by atoms with van der Waals surface area (Å²) in [5, 5.41) is 0. The summed E-state index contributed by atoms with van der Waals surface area (Å²) < 4.78 is 6.74. The van der Waals surface area contributed by atoms with E-state index >= 15 is 0 Å². The van der Waals surface area contributed by atoms with Crippen molar-refractivity contribution in [3.05, 3.63) is 33.4 Å². The first-order valence-electron chi connectivity index (χ1n) is 5.39. The van der Waals surface area contributed by atoms with Gasteiger partial charge in [0.05, 0.1) is 6.61 Å². The Hall–Kier alpha value is -0.130. The van der Waals surface area contributed by atoms with Crippen LogP contribution in [0.5, 0.6) is 0 Å². The first kappa shape index (κ1) is 11.4. The van der Waals surface area contributed by atoms with Gasteiger partial charge in [-0.3, -0.25) is 4.90 Å². The van der Waals surface area contributed by atoms with Crippen LogP contribution in [0.4, 0.5) is 0 Å². The summed E-state index contributed by atoms with van der Waals surface area (Å²) in [7, 11) is 0. The lowest BCUT2D eigenvalue weighted by Gasteiger charge is -2.18. The fourth-order valence-electron chi connectivity index (χ4n) is 1.80. The smallest absolute Gasteiger partial charge is 0.0593 e. The number of benzene rings is 1. The Balaban J connectivity index is 1.92. The van der Waals surface area contributed by atoms with E-state index in [9.17, 15) is 0 Å². The number of ether oxygens (including phenoxy) is 1. The Labute approximate surface area is 105 Å². The van der Waals surface area contributed by atoms with Gasteiger partial charge in [-0.15, -0.1) is 0 Å². The lowest BCUT2D eigenvalue weighted by Crippen LogP contribution is -2.25. The number of rotatable bonds is 2. The Kier molecular flexibility index (Phi) is 4.41. The highest BCUT2D eigenvalue weighted by Crippen LogP contribution is 2.10. The first-order valence-corrected chi connectivity index (χ1v) is 6.47. The average molecular weight is 317 g/mol. The van der Waals surface area contributed by atoms with Crippen LogP contribution in [-0.2, 0) is 11.3 Å². The van der Waals surface area contributed by atoms with E-state index in [4.69, 9.17) is 4.74 Å². The van der Waals surface area contributed by atoms with Crippen LogP contribution in [0.15, 0.2) is 24.3 Å². The van der Waals surface area contributed by atoms with E-state index in [1.807, 2.05) is 0 Å². The van der Waals surface area contributed by atoms with Crippen LogP contribution in [0.25, 0.3) is 0 Å². The number of halogens is 1. The van der Waals surface area contributed by atoms with Gasteiger partial charge in [-0.2, -0.15) is 0 Å². The molecule has 0 bridgehead atoms. The third-order valence-corrected chi connectivity index (χ3v) is 3.35. The van der Waals surface area contributed by atoms with E-state index in [0.29, 0.717) is 0 Å². The molecule has 0 N–H and O–H groups in total. The van der Waals surface area contributed by atoms with Crippen LogP contribution in [0.1, 0.15) is 12.0 Å². The Morgan fingerprint density at radius 2 is 1.93 bits per heavy atom. The summed E-state index contributed by atoms with van der Waals surface area (Å²) in [6, 6.07) is 8.77. The van der Waals surface area contributed by atoms with E-state index in [-0.39, 0.29) is 0 Å². The largest absolute Gasteiger partial charge is 0.380 e. The fourth-order valence-corrected chi connectivity index (χ4v) is 2.16. The van der Waals surface area contributed by atoms with Gasteiger partial charge in [0.15, 0.2) is 0 Å². The molecule has 1 saturated heterocycles. The molecule has 0 unspecified atom stereocenters. The predicted octanol–water partition coefficient (Wildman–Crippen LogP) is 2.51. The van der Waals surface area contributed by atoms with Crippen LogP contribution < -0.4 is 0 Å². The molecule has 0 atom stereocenters. The molecule has 1 fully saturated rings. The minimum absolute atomic E-state index is 0.879. The summed E-state index contributed by atoms with van der Waals surface area (Å²) in [6.07, 6.45) is 1.16. The van der Waals surface area contributed by atoms with Crippen molar-refractivity contribution in [2.45, 2.75) is 13.0 Å². The first-order chi connectivity index (χ1) is 7.34. The molecular formula is C12H16INO. The van der Waals surface area contributed by atoms with Gasteiger partial charge < -0.3 is 4.74 Å². The van der Waals surface area contributed by atoms with Gasteiger partial charge >= 0.3 is 0 Å². The second-order valence-electron chi connectivity index (χ2n) is 3.87. The predicted molar refractivity (Wildman–Crippen MR) is 69.9 cm³/mol. The van der Waals surface area contributed by atoms with E-state index in [2.05, 4.69) is 51.8 Å². The second-order valence-corrected chi connectivity index (χ2v) is 5.11. The molecule has 0 amide bonds. The van der Waals surface area contributed by atoms with Gasteiger partial charge in [0.25, 0.3) is 0 Å². The Bertz CT molecular complexity index is 291. The quantitative estimate of drug-likeness (QED) is 0.777. The van der Waals surface area contributed by atoms with Gasteiger partial charge in [0.1, 0.15) is 0 Å². The third-order valence-electron chi connectivity index (χ3n) is 2.63. The highest BCUT2D eigenvalue weighted by atomic mass is 127. The maximum absolute atomic E-state index is 5.44. The van der Waals surface area contributed by atoms with E-state index in [1.165, 1.54) is 9.13 Å². The van der Waals surface area contributed by atoms with E-state index in [0.717, 1.165) is 39.3 Å². The molecule has 1 heterocycles. The molecule has 1 aliphatic heterocycles. The zero-order chi connectivity index (χ0) is 10.5. The Morgan fingerprint density at radius 3 is 2.73 bits per heavy atom. The van der Waals surface area contributed by atoms with Crippen LogP contribution in [-0.4, -0.2) is 31.2 Å². The molecule has 2 rings (SSSR count). The number of hydrogen-bond donors (Lipinski definition) is 0. The normalized spacial score (nSPS) is 18.7. The van der Waals surface area contributed by atoms with Gasteiger partial charge in [-0.1, -0.05) is 12.1 Å². The Morgan fingerprint density at radius 1 is 1.13 bits per heavy atom. The molecule has 0 aliphatic carbocycles. The summed E-state index contributed by atoms with van der Waals surface area (Å²) in [6.45, 7) is 5.08. The molecule has 15 heavy (non-hydrogen) atoms. The number of nitrogens with zero attached hydrogens (tertiary/aromatic N) is 1. The van der Waals surface area contributed by atoms with Crippen molar-refractivity contribution in [1.82, 2.24) is 4.90 Å². The monoisotopic (exact) mass is 317 g/mol. The van der Waals surface area contributed by atoms with Crippen molar-refractivity contribution in [2.75, 3.05) is 26.3 Å². The molecular weight excluding hydrogens is 301 g/mol. The molecule has 0 spiro atoms. The second kappa shape index (κ2) is 5.82. The maximum atomic E-state index is 5.44. The third kappa shape index (κ3) is 3.74. The minimum atomic E-state index is 0.879.